The van der Waals surface area contributed by atoms with Crippen LogP contribution in [0.5, 0.6) is 0 Å². The third-order valence-corrected chi connectivity index (χ3v) is 7.48. The lowest BCUT2D eigenvalue weighted by Gasteiger charge is -2.28. The maximum absolute atomic E-state index is 13.3. The largest absolute Gasteiger partial charge is 0.348 e. The summed E-state index contributed by atoms with van der Waals surface area (Å²) >= 11 is 0. The van der Waals surface area contributed by atoms with Gasteiger partial charge < -0.3 is 5.32 Å². The van der Waals surface area contributed by atoms with Crippen molar-refractivity contribution in [2.45, 2.75) is 36.7 Å². The number of sulfonamides is 1. The van der Waals surface area contributed by atoms with Crippen LogP contribution in [-0.4, -0.2) is 25.2 Å². The fourth-order valence-electron chi connectivity index (χ4n) is 4.07. The molecule has 3 aromatic rings. The van der Waals surface area contributed by atoms with Gasteiger partial charge in [-0.2, -0.15) is 4.31 Å². The Morgan fingerprint density at radius 3 is 2.41 bits per heavy atom. The summed E-state index contributed by atoms with van der Waals surface area (Å²) < 4.78 is 41.1. The van der Waals surface area contributed by atoms with Gasteiger partial charge in [0.2, 0.25) is 15.9 Å². The number of aryl methyl sites for hydroxylation is 1. The molecule has 7 heteroatoms. The molecular weight excluding hydrogens is 427 g/mol. The van der Waals surface area contributed by atoms with Crippen LogP contribution in [0.25, 0.3) is 0 Å². The Bertz CT molecular complexity index is 1180. The van der Waals surface area contributed by atoms with E-state index in [4.69, 9.17) is 0 Å². The van der Waals surface area contributed by atoms with E-state index in [0.29, 0.717) is 0 Å². The molecule has 1 atom stereocenters. The van der Waals surface area contributed by atoms with Gasteiger partial charge in [-0.15, -0.1) is 0 Å². The number of nitrogens with one attached hydrogen (secondary N) is 1. The maximum Gasteiger partial charge on any atom is 0.243 e. The van der Waals surface area contributed by atoms with Gasteiger partial charge in [0.1, 0.15) is 5.82 Å². The van der Waals surface area contributed by atoms with Crippen LogP contribution in [0, 0.1) is 5.82 Å². The lowest BCUT2D eigenvalue weighted by Crippen LogP contribution is -2.42. The molecule has 0 aliphatic heterocycles. The van der Waals surface area contributed by atoms with E-state index in [-0.39, 0.29) is 29.9 Å². The van der Waals surface area contributed by atoms with Crippen molar-refractivity contribution in [1.29, 1.82) is 0 Å². The number of fused-ring (bicyclic) bond motifs is 1. The highest BCUT2D eigenvalue weighted by Crippen LogP contribution is 2.29. The van der Waals surface area contributed by atoms with Crippen LogP contribution < -0.4 is 5.32 Å². The van der Waals surface area contributed by atoms with Crippen molar-refractivity contribution in [2.24, 2.45) is 0 Å². The molecule has 5 nitrogen and oxygen atoms in total. The maximum atomic E-state index is 13.3. The summed E-state index contributed by atoms with van der Waals surface area (Å²) in [5.41, 5.74) is 3.06. The second-order valence-corrected chi connectivity index (χ2v) is 9.86. The average Bonchev–Trinajstić information content (AvgIpc) is 2.80. The first-order valence-corrected chi connectivity index (χ1v) is 12.0. The summed E-state index contributed by atoms with van der Waals surface area (Å²) in [5.74, 6) is -0.888. The van der Waals surface area contributed by atoms with E-state index in [1.165, 1.54) is 17.7 Å². The molecule has 0 saturated heterocycles. The molecular formula is C25H25FN2O3S. The second-order valence-electron chi connectivity index (χ2n) is 7.92. The van der Waals surface area contributed by atoms with Gasteiger partial charge in [0, 0.05) is 6.54 Å². The fourth-order valence-corrected chi connectivity index (χ4v) is 5.46. The standard InChI is InChI=1S/C25H25FN2O3S/c26-21-13-15-22(16-14-21)32(30,31)28(17-19-7-2-1-3-8-19)18-25(29)27-24-12-6-10-20-9-4-5-11-23(20)24/h1-5,7-9,11,13-16,24H,6,10,12,17-18H2,(H,27,29)/t24-/m1/s1. The Kier molecular flexibility index (Phi) is 6.67. The molecule has 0 spiro atoms. The van der Waals surface area contributed by atoms with Crippen molar-refractivity contribution >= 4 is 15.9 Å². The molecule has 3 aromatic carbocycles. The first kappa shape index (κ1) is 22.2. The minimum Gasteiger partial charge on any atom is -0.348 e. The number of hydrogen-bond acceptors (Lipinski definition) is 3. The van der Waals surface area contributed by atoms with Crippen molar-refractivity contribution < 1.29 is 17.6 Å². The van der Waals surface area contributed by atoms with E-state index in [1.54, 1.807) is 0 Å². The number of amides is 1. The zero-order valence-corrected chi connectivity index (χ0v) is 18.4. The lowest BCUT2D eigenvalue weighted by molar-refractivity contribution is -0.122. The molecule has 166 valence electrons. The smallest absolute Gasteiger partial charge is 0.243 e. The van der Waals surface area contributed by atoms with Gasteiger partial charge in [-0.1, -0.05) is 54.6 Å². The molecule has 1 aliphatic rings. The van der Waals surface area contributed by atoms with Gasteiger partial charge in [0.05, 0.1) is 17.5 Å². The Hall–Kier alpha value is -3.03. The Labute approximate surface area is 187 Å². The Morgan fingerprint density at radius 2 is 1.66 bits per heavy atom. The zero-order chi connectivity index (χ0) is 22.6. The molecule has 4 rings (SSSR count). The van der Waals surface area contributed by atoms with Crippen LogP contribution in [0.4, 0.5) is 4.39 Å². The first-order valence-electron chi connectivity index (χ1n) is 10.6. The number of carbonyl (C=O) groups is 1. The molecule has 0 heterocycles. The number of hydrogen-bond donors (Lipinski definition) is 1. The van der Waals surface area contributed by atoms with Crippen molar-refractivity contribution in [3.8, 4) is 0 Å². The number of nitrogens with zero attached hydrogens (tertiary/aromatic N) is 1. The summed E-state index contributed by atoms with van der Waals surface area (Å²) in [7, 11) is -4.01. The summed E-state index contributed by atoms with van der Waals surface area (Å²) in [5, 5.41) is 3.02. The van der Waals surface area contributed by atoms with Gasteiger partial charge in [0.25, 0.3) is 0 Å². The number of carbonyl (C=O) groups excluding carboxylic acids is 1. The van der Waals surface area contributed by atoms with Gasteiger partial charge in [0.15, 0.2) is 0 Å². The number of benzene rings is 3. The topological polar surface area (TPSA) is 66.5 Å². The third kappa shape index (κ3) is 5.06. The normalized spacial score (nSPS) is 15.9. The number of halogens is 1. The highest BCUT2D eigenvalue weighted by Gasteiger charge is 2.29. The van der Waals surface area contributed by atoms with E-state index in [1.807, 2.05) is 48.5 Å². The molecule has 1 amide bonds. The van der Waals surface area contributed by atoms with Gasteiger partial charge in [-0.3, -0.25) is 4.79 Å². The lowest BCUT2D eigenvalue weighted by atomic mass is 9.88. The quantitative estimate of drug-likeness (QED) is 0.584. The second kappa shape index (κ2) is 9.63. The highest BCUT2D eigenvalue weighted by atomic mass is 32.2. The van der Waals surface area contributed by atoms with Crippen LogP contribution in [-0.2, 0) is 27.8 Å². The van der Waals surface area contributed by atoms with Crippen molar-refractivity contribution in [3.05, 3.63) is 101 Å². The number of rotatable bonds is 7. The van der Waals surface area contributed by atoms with Gasteiger partial charge in [-0.25, -0.2) is 12.8 Å². The average molecular weight is 453 g/mol. The van der Waals surface area contributed by atoms with Crippen LogP contribution in [0.3, 0.4) is 0 Å². The van der Waals surface area contributed by atoms with Crippen molar-refractivity contribution in [2.75, 3.05) is 6.54 Å². The third-order valence-electron chi connectivity index (χ3n) is 5.68. The fraction of sp³-hybridized carbons (Fsp3) is 0.240. The van der Waals surface area contributed by atoms with E-state index in [2.05, 4.69) is 11.4 Å². The van der Waals surface area contributed by atoms with Crippen LogP contribution in [0.2, 0.25) is 0 Å². The first-order chi connectivity index (χ1) is 15.4. The zero-order valence-electron chi connectivity index (χ0n) is 17.6. The molecule has 0 fully saturated rings. The molecule has 32 heavy (non-hydrogen) atoms. The predicted molar refractivity (Wildman–Crippen MR) is 121 cm³/mol. The Morgan fingerprint density at radius 1 is 0.969 bits per heavy atom. The molecule has 0 radical (unpaired) electrons. The molecule has 0 bridgehead atoms. The van der Waals surface area contributed by atoms with Crippen molar-refractivity contribution in [1.82, 2.24) is 9.62 Å². The van der Waals surface area contributed by atoms with E-state index in [9.17, 15) is 17.6 Å². The monoisotopic (exact) mass is 452 g/mol. The Balaban J connectivity index is 1.56. The summed E-state index contributed by atoms with van der Waals surface area (Å²) in [6.45, 7) is -0.289. The summed E-state index contributed by atoms with van der Waals surface area (Å²) in [4.78, 5) is 12.9. The summed E-state index contributed by atoms with van der Waals surface area (Å²) in [6, 6.07) is 21.6. The van der Waals surface area contributed by atoms with E-state index < -0.39 is 15.8 Å². The molecule has 0 unspecified atom stereocenters. The van der Waals surface area contributed by atoms with Crippen molar-refractivity contribution in [3.63, 3.8) is 0 Å². The van der Waals surface area contributed by atoms with Gasteiger partial charge >= 0.3 is 0 Å². The molecule has 1 N–H and O–H groups in total. The van der Waals surface area contributed by atoms with Crippen LogP contribution in [0.15, 0.2) is 83.8 Å². The molecule has 1 aliphatic carbocycles. The highest BCUT2D eigenvalue weighted by molar-refractivity contribution is 7.89. The van der Waals surface area contributed by atoms with E-state index >= 15 is 0 Å². The van der Waals surface area contributed by atoms with Gasteiger partial charge in [-0.05, 0) is 60.2 Å². The molecule has 0 saturated carbocycles. The van der Waals surface area contributed by atoms with Crippen LogP contribution >= 0.6 is 0 Å². The minimum atomic E-state index is -4.01. The summed E-state index contributed by atoms with van der Waals surface area (Å²) in [6.07, 6.45) is 2.75. The minimum absolute atomic E-state index is 0.0369. The molecule has 0 aromatic heterocycles. The predicted octanol–water partition coefficient (Wildman–Crippen LogP) is 4.21. The van der Waals surface area contributed by atoms with Crippen LogP contribution in [0.1, 0.15) is 35.6 Å². The SMILES string of the molecule is O=C(CN(Cc1ccccc1)S(=O)(=O)c1ccc(F)cc1)N[C@@H]1CCCc2ccccc21. The van der Waals surface area contributed by atoms with E-state index in [0.717, 1.165) is 46.8 Å².